The molecule has 0 radical (unpaired) electrons. The van der Waals surface area contributed by atoms with Gasteiger partial charge in [-0.3, -0.25) is 4.79 Å². The van der Waals surface area contributed by atoms with Gasteiger partial charge in [0.1, 0.15) is 23.9 Å². The first-order valence-corrected chi connectivity index (χ1v) is 11.6. The number of hydrogen-bond acceptors (Lipinski definition) is 4. The van der Waals surface area contributed by atoms with Gasteiger partial charge in [0.05, 0.1) is 24.7 Å². The number of imidazole rings is 1. The summed E-state index contributed by atoms with van der Waals surface area (Å²) in [5.41, 5.74) is 5.15. The number of benzene rings is 3. The van der Waals surface area contributed by atoms with Crippen molar-refractivity contribution in [3.63, 3.8) is 0 Å². The molecule has 34 heavy (non-hydrogen) atoms. The van der Waals surface area contributed by atoms with Gasteiger partial charge in [0.2, 0.25) is 0 Å². The lowest BCUT2D eigenvalue weighted by atomic mass is 10.1. The molecular weight excluding hydrogens is 426 g/mol. The summed E-state index contributed by atoms with van der Waals surface area (Å²) >= 11 is 0. The van der Waals surface area contributed by atoms with Crippen LogP contribution in [0.25, 0.3) is 11.0 Å². The first kappa shape index (κ1) is 23.4. The number of carbonyl (C=O) groups excluding carboxylic acids is 1. The highest BCUT2D eigenvalue weighted by Gasteiger charge is 2.11. The minimum absolute atomic E-state index is 0.103. The fourth-order valence-corrected chi connectivity index (χ4v) is 3.94. The summed E-state index contributed by atoms with van der Waals surface area (Å²) in [5, 5.41) is 2.99. The van der Waals surface area contributed by atoms with Crippen molar-refractivity contribution in [2.24, 2.45) is 0 Å². The zero-order chi connectivity index (χ0) is 23.9. The summed E-state index contributed by atoms with van der Waals surface area (Å²) in [5.74, 6) is 2.45. The zero-order valence-corrected chi connectivity index (χ0v) is 20.0. The van der Waals surface area contributed by atoms with Crippen molar-refractivity contribution in [3.8, 4) is 11.5 Å². The van der Waals surface area contributed by atoms with E-state index in [1.165, 1.54) is 11.1 Å². The molecular formula is C28H31N3O3. The maximum absolute atomic E-state index is 12.4. The Labute approximate surface area is 200 Å². The highest BCUT2D eigenvalue weighted by molar-refractivity contribution is 5.94. The maximum atomic E-state index is 12.4. The molecule has 4 aromatic rings. The van der Waals surface area contributed by atoms with E-state index in [2.05, 4.69) is 41.9 Å². The number of aromatic nitrogens is 2. The first-order valence-electron chi connectivity index (χ1n) is 11.6. The molecule has 1 amide bonds. The molecule has 3 aromatic carbocycles. The van der Waals surface area contributed by atoms with Crippen molar-refractivity contribution in [3.05, 3.63) is 89.2 Å². The van der Waals surface area contributed by atoms with Gasteiger partial charge in [-0.25, -0.2) is 4.98 Å². The smallest absolute Gasteiger partial charge is 0.251 e. The van der Waals surface area contributed by atoms with Gasteiger partial charge in [0.15, 0.2) is 0 Å². The molecule has 0 bridgehead atoms. The lowest BCUT2D eigenvalue weighted by Crippen LogP contribution is -2.25. The molecule has 0 aliphatic rings. The van der Waals surface area contributed by atoms with E-state index in [4.69, 9.17) is 14.5 Å². The normalized spacial score (nSPS) is 10.9. The molecule has 0 fully saturated rings. The van der Waals surface area contributed by atoms with E-state index in [0.29, 0.717) is 31.0 Å². The number of methoxy groups -OCH3 is 1. The van der Waals surface area contributed by atoms with E-state index < -0.39 is 0 Å². The van der Waals surface area contributed by atoms with Crippen LogP contribution in [0.1, 0.15) is 33.7 Å². The topological polar surface area (TPSA) is 65.4 Å². The van der Waals surface area contributed by atoms with Gasteiger partial charge in [-0.2, -0.15) is 0 Å². The fourth-order valence-electron chi connectivity index (χ4n) is 3.94. The largest absolute Gasteiger partial charge is 0.497 e. The molecule has 6 heteroatoms. The van der Waals surface area contributed by atoms with Crippen molar-refractivity contribution in [2.75, 3.05) is 20.3 Å². The first-order chi connectivity index (χ1) is 16.5. The lowest BCUT2D eigenvalue weighted by molar-refractivity contribution is 0.0953. The molecule has 0 saturated heterocycles. The van der Waals surface area contributed by atoms with Gasteiger partial charge in [-0.05, 0) is 73.9 Å². The molecule has 1 heterocycles. The minimum atomic E-state index is -0.103. The van der Waals surface area contributed by atoms with E-state index in [1.54, 1.807) is 19.2 Å². The number of aryl methyl sites for hydroxylation is 3. The predicted octanol–water partition coefficient (Wildman–Crippen LogP) is 5.10. The number of carbonyl (C=O) groups is 1. The summed E-state index contributed by atoms with van der Waals surface area (Å²) in [6.07, 6.45) is 1.55. The van der Waals surface area contributed by atoms with E-state index >= 15 is 0 Å². The minimum Gasteiger partial charge on any atom is -0.497 e. The number of nitrogens with one attached hydrogen (secondary N) is 1. The summed E-state index contributed by atoms with van der Waals surface area (Å²) in [7, 11) is 1.59. The molecule has 4 rings (SSSR count). The predicted molar refractivity (Wildman–Crippen MR) is 135 cm³/mol. The molecule has 0 saturated carbocycles. The van der Waals surface area contributed by atoms with E-state index in [1.807, 2.05) is 36.4 Å². The molecule has 0 aliphatic heterocycles. The molecule has 6 nitrogen and oxygen atoms in total. The Bertz CT molecular complexity index is 1280. The third-order valence-electron chi connectivity index (χ3n) is 5.99. The Morgan fingerprint density at radius 1 is 0.971 bits per heavy atom. The third-order valence-corrected chi connectivity index (χ3v) is 5.99. The van der Waals surface area contributed by atoms with Crippen LogP contribution >= 0.6 is 0 Å². The number of amides is 1. The summed E-state index contributed by atoms with van der Waals surface area (Å²) in [4.78, 5) is 17.3. The van der Waals surface area contributed by atoms with Crippen molar-refractivity contribution in [1.82, 2.24) is 14.9 Å². The summed E-state index contributed by atoms with van der Waals surface area (Å²) < 4.78 is 13.5. The second kappa shape index (κ2) is 10.9. The van der Waals surface area contributed by atoms with Crippen LogP contribution in [0.2, 0.25) is 0 Å². The van der Waals surface area contributed by atoms with E-state index in [9.17, 15) is 4.79 Å². The van der Waals surface area contributed by atoms with Crippen LogP contribution in [0.3, 0.4) is 0 Å². The fraction of sp³-hybridized carbons (Fsp3) is 0.286. The molecule has 0 atom stereocenters. The average molecular weight is 458 g/mol. The quantitative estimate of drug-likeness (QED) is 0.336. The van der Waals surface area contributed by atoms with Crippen LogP contribution in [0.15, 0.2) is 66.7 Å². The Morgan fingerprint density at radius 2 is 1.82 bits per heavy atom. The highest BCUT2D eigenvalue weighted by atomic mass is 16.5. The average Bonchev–Trinajstić information content (AvgIpc) is 3.21. The Kier molecular flexibility index (Phi) is 7.48. The Hall–Kier alpha value is -3.80. The number of hydrogen-bond donors (Lipinski definition) is 1. The molecule has 0 unspecified atom stereocenters. The van der Waals surface area contributed by atoms with Crippen LogP contribution in [0.4, 0.5) is 0 Å². The molecule has 1 N–H and O–H groups in total. The SMILES string of the molecule is COc1cccc(C(=O)NCCCc2nc3ccccc3n2CCOc2ccc(C)c(C)c2)c1. The molecule has 176 valence electrons. The van der Waals surface area contributed by atoms with Crippen molar-refractivity contribution in [2.45, 2.75) is 33.2 Å². The van der Waals surface area contributed by atoms with Gasteiger partial charge in [0.25, 0.3) is 5.91 Å². The van der Waals surface area contributed by atoms with Crippen LogP contribution < -0.4 is 14.8 Å². The van der Waals surface area contributed by atoms with Crippen molar-refractivity contribution < 1.29 is 14.3 Å². The summed E-state index contributed by atoms with van der Waals surface area (Å²) in [6.45, 7) is 6.03. The number of ether oxygens (including phenoxy) is 2. The number of para-hydroxylation sites is 2. The van der Waals surface area contributed by atoms with Crippen molar-refractivity contribution in [1.29, 1.82) is 0 Å². The van der Waals surface area contributed by atoms with Gasteiger partial charge in [-0.15, -0.1) is 0 Å². The van der Waals surface area contributed by atoms with E-state index in [-0.39, 0.29) is 5.91 Å². The molecule has 0 aliphatic carbocycles. The van der Waals surface area contributed by atoms with Gasteiger partial charge < -0.3 is 19.4 Å². The van der Waals surface area contributed by atoms with Gasteiger partial charge >= 0.3 is 0 Å². The van der Waals surface area contributed by atoms with Crippen LogP contribution in [0.5, 0.6) is 11.5 Å². The second-order valence-electron chi connectivity index (χ2n) is 8.35. The Balaban J connectivity index is 1.36. The summed E-state index contributed by atoms with van der Waals surface area (Å²) in [6, 6.07) is 21.5. The zero-order valence-electron chi connectivity index (χ0n) is 20.0. The van der Waals surface area contributed by atoms with Crippen molar-refractivity contribution >= 4 is 16.9 Å². The second-order valence-corrected chi connectivity index (χ2v) is 8.35. The molecule has 1 aromatic heterocycles. The lowest BCUT2D eigenvalue weighted by Gasteiger charge is -2.12. The van der Waals surface area contributed by atoms with E-state index in [0.717, 1.165) is 35.4 Å². The number of rotatable bonds is 10. The Morgan fingerprint density at radius 3 is 2.65 bits per heavy atom. The maximum Gasteiger partial charge on any atom is 0.251 e. The van der Waals surface area contributed by atoms with Gasteiger partial charge in [0, 0.05) is 18.5 Å². The van der Waals surface area contributed by atoms with Crippen LogP contribution in [-0.4, -0.2) is 35.7 Å². The highest BCUT2D eigenvalue weighted by Crippen LogP contribution is 2.19. The third kappa shape index (κ3) is 5.57. The standard InChI is InChI=1S/C28H31N3O3/c1-20-13-14-24(18-21(20)2)34-17-16-31-26-11-5-4-10-25(26)30-27(31)12-7-15-29-28(32)22-8-6-9-23(19-22)33-3/h4-6,8-11,13-14,18-19H,7,12,15-17H2,1-3H3,(H,29,32). The molecule has 0 spiro atoms. The van der Waals surface area contributed by atoms with Gasteiger partial charge in [-0.1, -0.05) is 24.3 Å². The van der Waals surface area contributed by atoms with Crippen LogP contribution in [0, 0.1) is 13.8 Å². The monoisotopic (exact) mass is 457 g/mol. The number of fused-ring (bicyclic) bond motifs is 1. The number of nitrogens with zero attached hydrogens (tertiary/aromatic N) is 2. The van der Waals surface area contributed by atoms with Crippen LogP contribution in [-0.2, 0) is 13.0 Å².